The fourth-order valence-electron chi connectivity index (χ4n) is 3.38. The van der Waals surface area contributed by atoms with E-state index >= 15 is 0 Å². The van der Waals surface area contributed by atoms with Crippen LogP contribution in [0.15, 0.2) is 43.0 Å². The summed E-state index contributed by atoms with van der Waals surface area (Å²) in [5.41, 5.74) is 1.38. The van der Waals surface area contributed by atoms with Gasteiger partial charge < -0.3 is 10.2 Å². The second kappa shape index (κ2) is 5.79. The smallest absolute Gasteiger partial charge is 0.0867 e. The number of nitrogens with one attached hydrogen (secondary N) is 2. The first-order valence-electron chi connectivity index (χ1n) is 7.34. The van der Waals surface area contributed by atoms with Gasteiger partial charge in [0.05, 0.1) is 25.2 Å². The Balaban J connectivity index is 2.24. The van der Waals surface area contributed by atoms with Crippen LogP contribution in [0.1, 0.15) is 26.7 Å². The number of para-hydroxylation sites is 1. The van der Waals surface area contributed by atoms with Crippen molar-refractivity contribution in [3.63, 3.8) is 0 Å². The quantitative estimate of drug-likeness (QED) is 0.794. The van der Waals surface area contributed by atoms with Crippen LogP contribution in [0.4, 0.5) is 5.69 Å². The molecule has 2 N–H and O–H groups in total. The lowest BCUT2D eigenvalue weighted by atomic mass is 9.73. The van der Waals surface area contributed by atoms with Crippen molar-refractivity contribution < 1.29 is 4.90 Å². The second-order valence-corrected chi connectivity index (χ2v) is 6.20. The molecule has 2 nitrogen and oxygen atoms in total. The predicted molar refractivity (Wildman–Crippen MR) is 82.6 cm³/mol. The normalized spacial score (nSPS) is 34.8. The fraction of sp³-hybridized carbons (Fsp3) is 0.529. The Morgan fingerprint density at radius 2 is 2.05 bits per heavy atom. The average Bonchev–Trinajstić information content (AvgIpc) is 2.38. The van der Waals surface area contributed by atoms with Crippen molar-refractivity contribution in [2.45, 2.75) is 38.3 Å². The van der Waals surface area contributed by atoms with E-state index in [1.807, 2.05) is 0 Å². The number of anilines is 1. The minimum Gasteiger partial charge on any atom is -0.379 e. The summed E-state index contributed by atoms with van der Waals surface area (Å²) in [6, 6.07) is 11.3. The van der Waals surface area contributed by atoms with E-state index in [0.29, 0.717) is 12.0 Å². The van der Waals surface area contributed by atoms with Crippen molar-refractivity contribution in [3.05, 3.63) is 43.0 Å². The predicted octanol–water partition coefficient (Wildman–Crippen LogP) is 2.36. The highest BCUT2D eigenvalue weighted by Crippen LogP contribution is 2.33. The highest BCUT2D eigenvalue weighted by Gasteiger charge is 2.44. The molecule has 1 aliphatic rings. The third-order valence-electron chi connectivity index (χ3n) is 4.76. The van der Waals surface area contributed by atoms with Gasteiger partial charge in [-0.05, 0) is 25.5 Å². The van der Waals surface area contributed by atoms with Crippen molar-refractivity contribution in [1.82, 2.24) is 0 Å². The standard InChI is InChI=1S/C17H26N2/c1-5-11-17(18-16-9-7-6-8-10-16)12-15(3)19(4)13-14(17)2/h5-10,14-15,18H,1,11-13H2,2-4H3/p+1. The maximum Gasteiger partial charge on any atom is 0.0867 e. The summed E-state index contributed by atoms with van der Waals surface area (Å²) in [6.45, 7) is 9.91. The van der Waals surface area contributed by atoms with E-state index in [9.17, 15) is 0 Å². The highest BCUT2D eigenvalue weighted by atomic mass is 15.2. The molecule has 1 heterocycles. The van der Waals surface area contributed by atoms with Crippen LogP contribution < -0.4 is 10.2 Å². The van der Waals surface area contributed by atoms with E-state index in [1.165, 1.54) is 18.7 Å². The molecule has 1 aromatic carbocycles. The first-order valence-corrected chi connectivity index (χ1v) is 7.34. The number of benzene rings is 1. The van der Waals surface area contributed by atoms with Crippen LogP contribution in [-0.4, -0.2) is 25.2 Å². The molecule has 104 valence electrons. The monoisotopic (exact) mass is 259 g/mol. The summed E-state index contributed by atoms with van der Waals surface area (Å²) in [7, 11) is 2.31. The lowest BCUT2D eigenvalue weighted by Gasteiger charge is -2.47. The maximum atomic E-state index is 3.97. The van der Waals surface area contributed by atoms with Crippen molar-refractivity contribution in [2.24, 2.45) is 5.92 Å². The van der Waals surface area contributed by atoms with Crippen LogP contribution >= 0.6 is 0 Å². The van der Waals surface area contributed by atoms with E-state index in [1.54, 1.807) is 4.90 Å². The SMILES string of the molecule is C=CCC1(Nc2ccccc2)CC(C)[NH+](C)CC1C. The molecule has 0 aliphatic carbocycles. The number of piperidine rings is 1. The molecule has 0 radical (unpaired) electrons. The van der Waals surface area contributed by atoms with Gasteiger partial charge in [0.1, 0.15) is 0 Å². The largest absolute Gasteiger partial charge is 0.379 e. The zero-order valence-corrected chi connectivity index (χ0v) is 12.4. The zero-order valence-electron chi connectivity index (χ0n) is 12.4. The van der Waals surface area contributed by atoms with E-state index in [4.69, 9.17) is 0 Å². The molecule has 0 amide bonds. The zero-order chi connectivity index (χ0) is 13.9. The van der Waals surface area contributed by atoms with Crippen LogP contribution in [0, 0.1) is 5.92 Å². The van der Waals surface area contributed by atoms with Gasteiger partial charge in [-0.2, -0.15) is 0 Å². The molecule has 2 rings (SSSR count). The summed E-state index contributed by atoms with van der Waals surface area (Å²) in [5.74, 6) is 0.641. The molecule has 1 saturated heterocycles. The molecule has 19 heavy (non-hydrogen) atoms. The van der Waals surface area contributed by atoms with Gasteiger partial charge in [-0.25, -0.2) is 0 Å². The average molecular weight is 259 g/mol. The summed E-state index contributed by atoms with van der Waals surface area (Å²) in [4.78, 5) is 1.64. The third kappa shape index (κ3) is 3.01. The van der Waals surface area contributed by atoms with Crippen molar-refractivity contribution in [3.8, 4) is 0 Å². The van der Waals surface area contributed by atoms with Crippen LogP contribution in [0.2, 0.25) is 0 Å². The minimum absolute atomic E-state index is 0.155. The van der Waals surface area contributed by atoms with Crippen LogP contribution in [-0.2, 0) is 0 Å². The van der Waals surface area contributed by atoms with E-state index in [2.05, 4.69) is 69.2 Å². The summed E-state index contributed by atoms with van der Waals surface area (Å²) in [5, 5.41) is 3.81. The topological polar surface area (TPSA) is 16.5 Å². The molecular weight excluding hydrogens is 232 g/mol. The summed E-state index contributed by atoms with van der Waals surface area (Å²) >= 11 is 0. The van der Waals surface area contributed by atoms with E-state index in [0.717, 1.165) is 6.42 Å². The van der Waals surface area contributed by atoms with Crippen LogP contribution in [0.5, 0.6) is 0 Å². The first-order chi connectivity index (χ1) is 9.07. The van der Waals surface area contributed by atoms with Gasteiger partial charge in [0.15, 0.2) is 0 Å². The molecule has 0 bridgehead atoms. The number of likely N-dealkylation sites (tertiary alicyclic amines) is 1. The summed E-state index contributed by atoms with van der Waals surface area (Å²) in [6.07, 6.45) is 4.29. The maximum absolute atomic E-state index is 3.97. The molecule has 1 fully saturated rings. The van der Waals surface area contributed by atoms with Gasteiger partial charge >= 0.3 is 0 Å². The van der Waals surface area contributed by atoms with Crippen LogP contribution in [0.3, 0.4) is 0 Å². The van der Waals surface area contributed by atoms with E-state index < -0.39 is 0 Å². The molecule has 4 atom stereocenters. The Morgan fingerprint density at radius 3 is 2.68 bits per heavy atom. The Labute approximate surface area is 117 Å². The number of hydrogen-bond acceptors (Lipinski definition) is 1. The van der Waals surface area contributed by atoms with Gasteiger partial charge in [-0.1, -0.05) is 31.2 Å². The Kier molecular flexibility index (Phi) is 4.31. The molecular formula is C17H27N2+. The minimum atomic E-state index is 0.155. The fourth-order valence-corrected chi connectivity index (χ4v) is 3.38. The molecule has 1 aliphatic heterocycles. The molecule has 2 heteroatoms. The Hall–Kier alpha value is -1.28. The third-order valence-corrected chi connectivity index (χ3v) is 4.76. The van der Waals surface area contributed by atoms with Crippen molar-refractivity contribution >= 4 is 5.69 Å². The first kappa shape index (κ1) is 14.1. The van der Waals surface area contributed by atoms with Gasteiger partial charge in [-0.15, -0.1) is 6.58 Å². The van der Waals surface area contributed by atoms with Gasteiger partial charge in [0, 0.05) is 18.0 Å². The Morgan fingerprint density at radius 1 is 1.37 bits per heavy atom. The van der Waals surface area contributed by atoms with Gasteiger partial charge in [-0.3, -0.25) is 0 Å². The number of hydrogen-bond donors (Lipinski definition) is 2. The van der Waals surface area contributed by atoms with Gasteiger partial charge in [0.2, 0.25) is 0 Å². The molecule has 4 unspecified atom stereocenters. The van der Waals surface area contributed by atoms with Crippen molar-refractivity contribution in [1.29, 1.82) is 0 Å². The van der Waals surface area contributed by atoms with Gasteiger partial charge in [0.25, 0.3) is 0 Å². The Bertz CT molecular complexity index is 415. The van der Waals surface area contributed by atoms with E-state index in [-0.39, 0.29) is 5.54 Å². The summed E-state index contributed by atoms with van der Waals surface area (Å²) < 4.78 is 0. The van der Waals surface area contributed by atoms with Crippen molar-refractivity contribution in [2.75, 3.05) is 18.9 Å². The number of quaternary nitrogens is 1. The second-order valence-electron chi connectivity index (χ2n) is 6.20. The molecule has 0 spiro atoms. The highest BCUT2D eigenvalue weighted by molar-refractivity contribution is 5.46. The number of rotatable bonds is 4. The lowest BCUT2D eigenvalue weighted by Crippen LogP contribution is -3.15. The molecule has 0 aromatic heterocycles. The molecule has 1 aromatic rings. The lowest BCUT2D eigenvalue weighted by molar-refractivity contribution is -0.914. The molecule has 0 saturated carbocycles. The van der Waals surface area contributed by atoms with Crippen LogP contribution in [0.25, 0.3) is 0 Å².